The van der Waals surface area contributed by atoms with Gasteiger partial charge in [-0.2, -0.15) is 13.2 Å². The number of carboxylic acid groups (broad SMARTS) is 1. The van der Waals surface area contributed by atoms with Gasteiger partial charge in [-0.05, 0) is 31.5 Å². The maximum absolute atomic E-state index is 13.5. The summed E-state index contributed by atoms with van der Waals surface area (Å²) in [5.74, 6) is -2.19. The van der Waals surface area contributed by atoms with Gasteiger partial charge in [0.1, 0.15) is 11.8 Å². The molecule has 0 saturated heterocycles. The Labute approximate surface area is 214 Å². The van der Waals surface area contributed by atoms with E-state index in [2.05, 4.69) is 25.3 Å². The number of aromatic amines is 1. The van der Waals surface area contributed by atoms with Crippen molar-refractivity contribution in [2.75, 3.05) is 5.32 Å². The lowest BCUT2D eigenvalue weighted by Gasteiger charge is -2.18. The first-order chi connectivity index (χ1) is 17.5. The van der Waals surface area contributed by atoms with Gasteiger partial charge in [-0.1, -0.05) is 23.7 Å². The second-order valence-corrected chi connectivity index (χ2v) is 8.95. The number of nitrogens with zero attached hydrogens (tertiary/aromatic N) is 5. The number of rotatable bonds is 4. The number of alkyl halides is 3. The Bertz CT molecular complexity index is 1670. The van der Waals surface area contributed by atoms with Crippen LogP contribution in [0.5, 0.6) is 0 Å². The van der Waals surface area contributed by atoms with Crippen molar-refractivity contribution < 1.29 is 23.1 Å². The monoisotopic (exact) mass is 551 g/mol. The van der Waals surface area contributed by atoms with Gasteiger partial charge >= 0.3 is 12.1 Å². The molecular formula is C22H17ClF3N7O3S. The summed E-state index contributed by atoms with van der Waals surface area (Å²) in [6, 6.07) is 6.92. The average Bonchev–Trinajstić information content (AvgIpc) is 3.46. The fourth-order valence-corrected chi connectivity index (χ4v) is 4.53. The Morgan fingerprint density at radius 1 is 1.27 bits per heavy atom. The predicted molar refractivity (Wildman–Crippen MR) is 132 cm³/mol. The van der Waals surface area contributed by atoms with E-state index < -0.39 is 12.1 Å². The number of hydrogen-bond donors (Lipinski definition) is 3. The standard InChI is InChI=1S/C20H16ClN7OS.C2HF3O2/c1-10-7-30-20-27-15(11(2)26-18-16-17(23-8-22-16)24-9-25-18)14(19(29)28(10)20)12-4-3-5-13(21)6-12;3-2(4,5)1(6)7/h3-9,11H,1-2H3,(H2,22,23,24,25,26);(H,6,7). The average molecular weight is 552 g/mol. The summed E-state index contributed by atoms with van der Waals surface area (Å²) in [6.45, 7) is 3.83. The van der Waals surface area contributed by atoms with Crippen LogP contribution >= 0.6 is 22.9 Å². The van der Waals surface area contributed by atoms with Gasteiger partial charge in [-0.15, -0.1) is 11.3 Å². The molecule has 192 valence electrons. The smallest absolute Gasteiger partial charge is 0.475 e. The lowest BCUT2D eigenvalue weighted by atomic mass is 10.0. The molecule has 15 heteroatoms. The third kappa shape index (κ3) is 5.39. The molecule has 0 amide bonds. The molecule has 0 radical (unpaired) electrons. The number of carboxylic acids is 1. The molecule has 0 spiro atoms. The van der Waals surface area contributed by atoms with Crippen LogP contribution in [0.4, 0.5) is 19.0 Å². The summed E-state index contributed by atoms with van der Waals surface area (Å²) < 4.78 is 33.4. The summed E-state index contributed by atoms with van der Waals surface area (Å²) in [6.07, 6.45) is -2.06. The highest BCUT2D eigenvalue weighted by molar-refractivity contribution is 7.15. The molecule has 4 aromatic heterocycles. The van der Waals surface area contributed by atoms with Crippen LogP contribution in [0, 0.1) is 6.92 Å². The van der Waals surface area contributed by atoms with Gasteiger partial charge < -0.3 is 15.4 Å². The number of thiazole rings is 1. The number of halogens is 4. The molecule has 4 heterocycles. The Kier molecular flexibility index (Phi) is 7.14. The number of carbonyl (C=O) groups is 1. The van der Waals surface area contributed by atoms with E-state index in [1.165, 1.54) is 17.7 Å². The van der Waals surface area contributed by atoms with Crippen LogP contribution in [0.25, 0.3) is 27.3 Å². The van der Waals surface area contributed by atoms with Crippen molar-refractivity contribution >= 4 is 50.8 Å². The molecule has 5 rings (SSSR count). The van der Waals surface area contributed by atoms with E-state index in [4.69, 9.17) is 26.5 Å². The molecule has 1 aromatic carbocycles. The topological polar surface area (TPSA) is 138 Å². The van der Waals surface area contributed by atoms with Gasteiger partial charge in [-0.25, -0.2) is 24.7 Å². The van der Waals surface area contributed by atoms with Gasteiger partial charge in [0.15, 0.2) is 16.4 Å². The lowest BCUT2D eigenvalue weighted by Crippen LogP contribution is -2.23. The summed E-state index contributed by atoms with van der Waals surface area (Å²) in [4.78, 5) is 43.6. The SMILES string of the molecule is Cc1csc2nc(C(C)Nc3ncnc4[nH]cnc34)c(-c3cccc(Cl)c3)c(=O)n12.O=C(O)C(F)(F)F. The zero-order valence-corrected chi connectivity index (χ0v) is 20.6. The molecule has 37 heavy (non-hydrogen) atoms. The fraction of sp³-hybridized carbons (Fsp3) is 0.182. The molecule has 0 aliphatic rings. The van der Waals surface area contributed by atoms with Crippen molar-refractivity contribution in [3.8, 4) is 11.1 Å². The van der Waals surface area contributed by atoms with Gasteiger partial charge in [0.05, 0.1) is 23.6 Å². The number of imidazole rings is 1. The van der Waals surface area contributed by atoms with Crippen molar-refractivity contribution in [1.29, 1.82) is 0 Å². The quantitative estimate of drug-likeness (QED) is 0.288. The highest BCUT2D eigenvalue weighted by atomic mass is 35.5. The second kappa shape index (κ2) is 10.1. The van der Waals surface area contributed by atoms with Crippen molar-refractivity contribution in [3.63, 3.8) is 0 Å². The Hall–Kier alpha value is -4.04. The minimum absolute atomic E-state index is 0.128. The van der Waals surface area contributed by atoms with Crippen molar-refractivity contribution in [3.05, 3.63) is 69.1 Å². The van der Waals surface area contributed by atoms with Crippen LogP contribution in [0.1, 0.15) is 24.4 Å². The third-order valence-corrected chi connectivity index (χ3v) is 6.28. The number of benzene rings is 1. The van der Waals surface area contributed by atoms with Crippen LogP contribution in [0.3, 0.4) is 0 Å². The van der Waals surface area contributed by atoms with Crippen LogP contribution in [-0.4, -0.2) is 46.6 Å². The molecule has 0 aliphatic carbocycles. The largest absolute Gasteiger partial charge is 0.490 e. The maximum Gasteiger partial charge on any atom is 0.490 e. The molecule has 1 unspecified atom stereocenters. The first-order valence-electron chi connectivity index (χ1n) is 10.4. The molecule has 1 atom stereocenters. The second-order valence-electron chi connectivity index (χ2n) is 7.67. The van der Waals surface area contributed by atoms with E-state index in [0.29, 0.717) is 38.2 Å². The number of aliphatic carboxylic acids is 1. The number of H-pyrrole nitrogens is 1. The summed E-state index contributed by atoms with van der Waals surface area (Å²) in [5, 5.41) is 12.9. The molecule has 5 aromatic rings. The number of aromatic nitrogens is 6. The van der Waals surface area contributed by atoms with Crippen LogP contribution in [0.15, 0.2) is 47.1 Å². The van der Waals surface area contributed by atoms with E-state index in [0.717, 1.165) is 11.3 Å². The number of nitrogens with one attached hydrogen (secondary N) is 2. The maximum atomic E-state index is 13.5. The van der Waals surface area contributed by atoms with E-state index in [1.54, 1.807) is 22.9 Å². The third-order valence-electron chi connectivity index (χ3n) is 5.10. The lowest BCUT2D eigenvalue weighted by molar-refractivity contribution is -0.192. The van der Waals surface area contributed by atoms with E-state index >= 15 is 0 Å². The van der Waals surface area contributed by atoms with Crippen molar-refractivity contribution in [2.45, 2.75) is 26.1 Å². The summed E-state index contributed by atoms with van der Waals surface area (Å²) in [5.41, 5.74) is 3.81. The Morgan fingerprint density at radius 2 is 2.00 bits per heavy atom. The van der Waals surface area contributed by atoms with Gasteiger partial charge in [-0.3, -0.25) is 9.20 Å². The Morgan fingerprint density at radius 3 is 2.68 bits per heavy atom. The molecular weight excluding hydrogens is 535 g/mol. The number of anilines is 1. The molecule has 10 nitrogen and oxygen atoms in total. The molecule has 0 saturated carbocycles. The Balaban J connectivity index is 0.000000405. The van der Waals surface area contributed by atoms with Crippen LogP contribution in [0.2, 0.25) is 5.02 Å². The first-order valence-corrected chi connectivity index (χ1v) is 11.7. The minimum atomic E-state index is -5.08. The molecule has 0 fully saturated rings. The van der Waals surface area contributed by atoms with E-state index in [-0.39, 0.29) is 11.6 Å². The van der Waals surface area contributed by atoms with Crippen molar-refractivity contribution in [1.82, 2.24) is 29.3 Å². The van der Waals surface area contributed by atoms with Gasteiger partial charge in [0.2, 0.25) is 0 Å². The van der Waals surface area contributed by atoms with Gasteiger partial charge in [0.25, 0.3) is 5.56 Å². The number of hydrogen-bond acceptors (Lipinski definition) is 8. The van der Waals surface area contributed by atoms with E-state index in [9.17, 15) is 18.0 Å². The van der Waals surface area contributed by atoms with Crippen molar-refractivity contribution in [2.24, 2.45) is 0 Å². The highest BCUT2D eigenvalue weighted by Gasteiger charge is 2.38. The fourth-order valence-electron chi connectivity index (χ4n) is 3.47. The molecule has 3 N–H and O–H groups in total. The number of aryl methyl sites for hydroxylation is 1. The molecule has 0 bridgehead atoms. The zero-order chi connectivity index (χ0) is 26.9. The zero-order valence-electron chi connectivity index (χ0n) is 19.0. The van der Waals surface area contributed by atoms with E-state index in [1.807, 2.05) is 31.4 Å². The summed E-state index contributed by atoms with van der Waals surface area (Å²) in [7, 11) is 0. The van der Waals surface area contributed by atoms with Crippen LogP contribution < -0.4 is 10.9 Å². The molecule has 0 aliphatic heterocycles. The predicted octanol–water partition coefficient (Wildman–Crippen LogP) is 4.86. The summed E-state index contributed by atoms with van der Waals surface area (Å²) >= 11 is 7.65. The minimum Gasteiger partial charge on any atom is -0.475 e. The normalized spacial score (nSPS) is 12.3. The van der Waals surface area contributed by atoms with Crippen LogP contribution in [-0.2, 0) is 4.79 Å². The first kappa shape index (κ1) is 26.0. The highest BCUT2D eigenvalue weighted by Crippen LogP contribution is 2.30. The number of fused-ring (bicyclic) bond motifs is 2. The van der Waals surface area contributed by atoms with Gasteiger partial charge in [0, 0.05) is 16.1 Å².